The molecule has 0 spiro atoms. The molecule has 0 saturated carbocycles. The SMILES string of the molecule is CCCCCCC1=Cc2c(-c3cc(C)cc(C)c3)ccc(-c3cc(C)cc(C)c3)c2[CH]1[Zr]([CH3])([CH3])(=[SiH2])[CH]1C(CCCCCC)=Cc2c(-c3cc(C)cc(C)c3)ccc(-c3cc(C)cc(C)c3)c21. The topological polar surface area (TPSA) is 0 Å². The first-order valence-electron chi connectivity index (χ1n) is 25.6. The van der Waals surface area contributed by atoms with Crippen LogP contribution >= 0.6 is 0 Å². The van der Waals surface area contributed by atoms with Gasteiger partial charge in [0.25, 0.3) is 0 Å². The van der Waals surface area contributed by atoms with Crippen LogP contribution in [0.5, 0.6) is 0 Å². The molecular weight excluding hydrogens is 888 g/mol. The summed E-state index contributed by atoms with van der Waals surface area (Å²) < 4.78 is 6.63. The fraction of sp³-hybridized carbons (Fsp3) is 0.375. The van der Waals surface area contributed by atoms with Gasteiger partial charge in [-0.3, -0.25) is 0 Å². The second kappa shape index (κ2) is 19.5. The van der Waals surface area contributed by atoms with Crippen LogP contribution in [0, 0.1) is 55.4 Å². The monoisotopic (exact) mass is 964 g/mol. The van der Waals surface area contributed by atoms with Gasteiger partial charge in [-0.1, -0.05) is 0 Å². The van der Waals surface area contributed by atoms with Crippen LogP contribution in [0.15, 0.2) is 108 Å². The molecule has 2 atom stereocenters. The van der Waals surface area contributed by atoms with Gasteiger partial charge in [-0.25, -0.2) is 0 Å². The standard InChI is InChI=1S/2C31H35.2CH3.H2Si.Zr/c2*1-6-7-8-9-10-25-19-30-28(26-15-21(2)13-22(3)16-26)11-12-29(31(30)20-25)27-17-23(4)14-24(5)18-27;;;;/h2*11-20H,6-10H2,1-5H3;2*1H3;1H2;. The Morgan fingerprint density at radius 3 is 0.939 bits per heavy atom. The normalized spacial score (nSPS) is 15.8. The number of unbranched alkanes of at least 4 members (excludes halogenated alkanes) is 6. The predicted molar refractivity (Wildman–Crippen MR) is 292 cm³/mol. The average molecular weight is 967 g/mol. The molecule has 2 aliphatic rings. The molecule has 6 aromatic carbocycles. The molecule has 0 fully saturated rings. The molecule has 0 bridgehead atoms. The number of fused-ring (bicyclic) bond motifs is 2. The summed E-state index contributed by atoms with van der Waals surface area (Å²) in [6.45, 7) is 25.5. The van der Waals surface area contributed by atoms with Gasteiger partial charge in [0.2, 0.25) is 0 Å². The summed E-state index contributed by atoms with van der Waals surface area (Å²) in [5.74, 6) is 0. The van der Waals surface area contributed by atoms with E-state index in [9.17, 15) is 0 Å². The summed E-state index contributed by atoms with van der Waals surface area (Å²) in [5.41, 5.74) is 31.6. The Hall–Kier alpha value is -4.10. The molecule has 0 aromatic heterocycles. The van der Waals surface area contributed by atoms with Crippen LogP contribution in [0.25, 0.3) is 56.7 Å². The summed E-state index contributed by atoms with van der Waals surface area (Å²) in [6, 6.07) is 39.1. The van der Waals surface area contributed by atoms with Crippen molar-refractivity contribution in [2.75, 3.05) is 0 Å². The molecule has 0 saturated heterocycles. The van der Waals surface area contributed by atoms with E-state index in [1.54, 1.807) is 22.3 Å². The zero-order chi connectivity index (χ0) is 47.1. The van der Waals surface area contributed by atoms with Gasteiger partial charge in [0, 0.05) is 0 Å². The third-order valence-electron chi connectivity index (χ3n) is 15.2. The van der Waals surface area contributed by atoms with Crippen LogP contribution in [0.1, 0.15) is 152 Å². The number of hydrogen-bond acceptors (Lipinski definition) is 0. The summed E-state index contributed by atoms with van der Waals surface area (Å²) in [5, 5.41) is 0. The van der Waals surface area contributed by atoms with Gasteiger partial charge in [-0.05, 0) is 0 Å². The average Bonchev–Trinajstić information content (AvgIpc) is 3.83. The van der Waals surface area contributed by atoms with E-state index in [0.717, 1.165) is 0 Å². The van der Waals surface area contributed by atoms with Crippen LogP contribution in [-0.4, -0.2) is 6.88 Å². The Balaban J connectivity index is 1.46. The van der Waals surface area contributed by atoms with E-state index in [1.165, 1.54) is 164 Å². The maximum atomic E-state index is 2.92. The zero-order valence-electron chi connectivity index (χ0n) is 42.8. The second-order valence-electron chi connectivity index (χ2n) is 22.3. The van der Waals surface area contributed by atoms with E-state index < -0.39 is 17.4 Å². The zero-order valence-corrected chi connectivity index (χ0v) is 46.7. The van der Waals surface area contributed by atoms with Gasteiger partial charge in [-0.15, -0.1) is 0 Å². The van der Waals surface area contributed by atoms with E-state index in [1.807, 2.05) is 0 Å². The Kier molecular flexibility index (Phi) is 14.3. The van der Waals surface area contributed by atoms with Crippen molar-refractivity contribution in [2.45, 2.75) is 150 Å². The third-order valence-corrected chi connectivity index (χ3v) is 32.6. The molecule has 0 nitrogen and oxygen atoms in total. The van der Waals surface area contributed by atoms with Gasteiger partial charge in [0.15, 0.2) is 0 Å². The fourth-order valence-electron chi connectivity index (χ4n) is 12.9. The molecule has 0 heterocycles. The van der Waals surface area contributed by atoms with Crippen molar-refractivity contribution in [2.24, 2.45) is 0 Å². The van der Waals surface area contributed by atoms with Crippen LogP contribution in [0.3, 0.4) is 0 Å². The molecule has 0 aliphatic heterocycles. The first-order chi connectivity index (χ1) is 31.4. The van der Waals surface area contributed by atoms with Crippen molar-refractivity contribution in [3.63, 3.8) is 0 Å². The van der Waals surface area contributed by atoms with Gasteiger partial charge in [-0.2, -0.15) is 0 Å². The molecule has 2 aliphatic carbocycles. The van der Waals surface area contributed by atoms with Crippen molar-refractivity contribution in [1.82, 2.24) is 0 Å². The number of allylic oxidation sites excluding steroid dienone is 2. The molecule has 66 heavy (non-hydrogen) atoms. The van der Waals surface area contributed by atoms with E-state index in [4.69, 9.17) is 0 Å². The summed E-state index contributed by atoms with van der Waals surface area (Å²) in [6.07, 6.45) is 18.1. The van der Waals surface area contributed by atoms with Crippen molar-refractivity contribution in [3.05, 3.63) is 175 Å². The molecular formula is C64H78SiZr. The number of rotatable bonds is 16. The Morgan fingerprint density at radius 1 is 0.379 bits per heavy atom. The van der Waals surface area contributed by atoms with Gasteiger partial charge in [0.1, 0.15) is 0 Å². The third kappa shape index (κ3) is 9.76. The number of benzene rings is 6. The number of hydrogen-bond donors (Lipinski definition) is 0. The molecule has 2 unspecified atom stereocenters. The van der Waals surface area contributed by atoms with Crippen LogP contribution in [-0.2, 0) is 17.4 Å². The Morgan fingerprint density at radius 2 is 0.652 bits per heavy atom. The van der Waals surface area contributed by atoms with E-state index in [-0.39, 0.29) is 0 Å². The van der Waals surface area contributed by atoms with E-state index in [2.05, 4.69) is 195 Å². The number of aryl methyl sites for hydroxylation is 8. The van der Waals surface area contributed by atoms with Crippen molar-refractivity contribution in [3.8, 4) is 44.5 Å². The van der Waals surface area contributed by atoms with Gasteiger partial charge >= 0.3 is 406 Å². The summed E-state index contributed by atoms with van der Waals surface area (Å²) in [7, 11) is 0. The molecule has 2 heteroatoms. The Labute approximate surface area is 403 Å². The molecule has 0 amide bonds. The quantitative estimate of drug-likeness (QED) is 0.0670. The van der Waals surface area contributed by atoms with Gasteiger partial charge < -0.3 is 0 Å². The van der Waals surface area contributed by atoms with E-state index in [0.29, 0.717) is 7.25 Å². The maximum absolute atomic E-state index is 4.28. The Bertz CT molecular complexity index is 2690. The summed E-state index contributed by atoms with van der Waals surface area (Å²) in [4.78, 5) is 0. The van der Waals surface area contributed by atoms with Crippen molar-refractivity contribution >= 4 is 19.0 Å². The summed E-state index contributed by atoms with van der Waals surface area (Å²) >= 11 is -4.28. The molecule has 0 radical (unpaired) electrons. The second-order valence-corrected chi connectivity index (χ2v) is 52.8. The van der Waals surface area contributed by atoms with Crippen LogP contribution in [0.4, 0.5) is 0 Å². The minimum absolute atomic E-state index is 0.398. The molecule has 6 aromatic rings. The first-order valence-corrected chi connectivity index (χ1v) is 39.3. The fourth-order valence-corrected chi connectivity index (χ4v) is 32.6. The molecule has 342 valence electrons. The minimum atomic E-state index is -4.28. The van der Waals surface area contributed by atoms with Crippen molar-refractivity contribution < 1.29 is 17.4 Å². The van der Waals surface area contributed by atoms with E-state index >= 15 is 0 Å². The first kappa shape index (κ1) is 48.4. The van der Waals surface area contributed by atoms with Gasteiger partial charge in [0.05, 0.1) is 0 Å². The molecule has 8 rings (SSSR count). The molecule has 0 N–H and O–H groups in total. The predicted octanol–water partition coefficient (Wildman–Crippen LogP) is 18.7. The van der Waals surface area contributed by atoms with Crippen LogP contribution < -0.4 is 0 Å². The van der Waals surface area contributed by atoms with Crippen molar-refractivity contribution in [1.29, 1.82) is 0 Å². The van der Waals surface area contributed by atoms with Crippen LogP contribution in [0.2, 0.25) is 9.26 Å².